The molecular formula is C26H34O7. The molecule has 33 heavy (non-hydrogen) atoms. The van der Waals surface area contributed by atoms with Crippen LogP contribution in [0.15, 0.2) is 36.4 Å². The van der Waals surface area contributed by atoms with E-state index < -0.39 is 37.1 Å². The maximum Gasteiger partial charge on any atom is 0.124 e. The topological polar surface area (TPSA) is 109 Å². The van der Waals surface area contributed by atoms with Gasteiger partial charge >= 0.3 is 0 Å². The maximum atomic E-state index is 10.7. The van der Waals surface area contributed by atoms with Crippen LogP contribution < -0.4 is 4.74 Å². The predicted octanol–water partition coefficient (Wildman–Crippen LogP) is 1.83. The van der Waals surface area contributed by atoms with Crippen molar-refractivity contribution in [3.05, 3.63) is 64.2 Å². The highest BCUT2D eigenvalue weighted by atomic mass is 16.6. The first-order valence-corrected chi connectivity index (χ1v) is 11.7. The minimum atomic E-state index is -1.43. The summed E-state index contributed by atoms with van der Waals surface area (Å²) in [7, 11) is 0. The van der Waals surface area contributed by atoms with Crippen molar-refractivity contribution in [3.8, 4) is 5.75 Å². The average Bonchev–Trinajstić information content (AvgIpc) is 3.34. The highest BCUT2D eigenvalue weighted by Gasteiger charge is 2.44. The Balaban J connectivity index is 1.69. The Labute approximate surface area is 194 Å². The van der Waals surface area contributed by atoms with Crippen LogP contribution in [0.5, 0.6) is 5.75 Å². The second kappa shape index (κ2) is 10.5. The molecule has 0 amide bonds. The Morgan fingerprint density at radius 3 is 2.36 bits per heavy atom. The van der Waals surface area contributed by atoms with Gasteiger partial charge in [0, 0.05) is 6.42 Å². The number of benzene rings is 2. The van der Waals surface area contributed by atoms with Crippen molar-refractivity contribution in [3.63, 3.8) is 0 Å². The van der Waals surface area contributed by atoms with Crippen LogP contribution in [0.1, 0.15) is 47.3 Å². The molecular weight excluding hydrogens is 424 g/mol. The standard InChI is InChI=1S/C26H34O7/c1-3-16-4-6-17(7-5-16)10-18-11-19(12-21(15(18)2)32-20-8-9-31-14-20)26-25(30)24(29)23(28)22(13-27)33-26/h4-7,11-12,20,22-30H,3,8-10,13-14H2,1-2H3/t20-,22-,23-,24+,25-,26+/m1/s1. The Bertz CT molecular complexity index is 921. The van der Waals surface area contributed by atoms with E-state index in [1.165, 1.54) is 5.56 Å². The lowest BCUT2D eigenvalue weighted by atomic mass is 9.88. The van der Waals surface area contributed by atoms with Crippen LogP contribution in [-0.4, -0.2) is 70.8 Å². The lowest BCUT2D eigenvalue weighted by Crippen LogP contribution is -2.55. The van der Waals surface area contributed by atoms with E-state index in [9.17, 15) is 20.4 Å². The van der Waals surface area contributed by atoms with E-state index in [2.05, 4.69) is 31.2 Å². The molecule has 0 spiro atoms. The number of aryl methyl sites for hydroxylation is 1. The third-order valence-corrected chi connectivity index (χ3v) is 6.72. The molecule has 2 aliphatic rings. The van der Waals surface area contributed by atoms with Crippen LogP contribution in [-0.2, 0) is 22.3 Å². The second-order valence-corrected chi connectivity index (χ2v) is 9.00. The molecule has 2 aromatic carbocycles. The zero-order chi connectivity index (χ0) is 23.5. The van der Waals surface area contributed by atoms with Crippen LogP contribution in [0.2, 0.25) is 0 Å². The number of hydrogen-bond donors (Lipinski definition) is 4. The fourth-order valence-corrected chi connectivity index (χ4v) is 4.51. The van der Waals surface area contributed by atoms with E-state index >= 15 is 0 Å². The quantitative estimate of drug-likeness (QED) is 0.501. The van der Waals surface area contributed by atoms with Crippen LogP contribution in [0.25, 0.3) is 0 Å². The predicted molar refractivity (Wildman–Crippen MR) is 122 cm³/mol. The van der Waals surface area contributed by atoms with Gasteiger partial charge in [-0.1, -0.05) is 37.3 Å². The molecule has 0 saturated carbocycles. The molecule has 7 nitrogen and oxygen atoms in total. The Morgan fingerprint density at radius 2 is 1.73 bits per heavy atom. The van der Waals surface area contributed by atoms with Crippen molar-refractivity contribution in [1.82, 2.24) is 0 Å². The van der Waals surface area contributed by atoms with Gasteiger partial charge in [0.2, 0.25) is 0 Å². The van der Waals surface area contributed by atoms with Gasteiger partial charge in [-0.25, -0.2) is 0 Å². The van der Waals surface area contributed by atoms with E-state index in [1.54, 1.807) is 0 Å². The molecule has 0 radical (unpaired) electrons. The molecule has 2 aromatic rings. The van der Waals surface area contributed by atoms with Crippen LogP contribution in [0.4, 0.5) is 0 Å². The summed E-state index contributed by atoms with van der Waals surface area (Å²) in [4.78, 5) is 0. The number of ether oxygens (including phenoxy) is 3. The largest absolute Gasteiger partial charge is 0.488 e. The maximum absolute atomic E-state index is 10.7. The van der Waals surface area contributed by atoms with E-state index in [-0.39, 0.29) is 6.10 Å². The first kappa shape index (κ1) is 24.1. The third-order valence-electron chi connectivity index (χ3n) is 6.72. The number of hydrogen-bond acceptors (Lipinski definition) is 7. The molecule has 4 rings (SSSR count). The summed E-state index contributed by atoms with van der Waals surface area (Å²) in [5.41, 5.74) is 5.07. The van der Waals surface area contributed by atoms with Gasteiger partial charge in [-0.15, -0.1) is 0 Å². The van der Waals surface area contributed by atoms with Crippen LogP contribution >= 0.6 is 0 Å². The van der Waals surface area contributed by atoms with Crippen molar-refractivity contribution in [1.29, 1.82) is 0 Å². The highest BCUT2D eigenvalue weighted by molar-refractivity contribution is 5.46. The summed E-state index contributed by atoms with van der Waals surface area (Å²) in [6.45, 7) is 4.86. The van der Waals surface area contributed by atoms with Crippen molar-refractivity contribution < 1.29 is 34.6 Å². The Morgan fingerprint density at radius 1 is 1.00 bits per heavy atom. The van der Waals surface area contributed by atoms with Crippen molar-refractivity contribution in [2.45, 2.75) is 69.7 Å². The third kappa shape index (κ3) is 5.24. The van der Waals surface area contributed by atoms with Crippen molar-refractivity contribution in [2.24, 2.45) is 0 Å². The fourth-order valence-electron chi connectivity index (χ4n) is 4.51. The summed E-state index contributed by atoms with van der Waals surface area (Å²) in [5.74, 6) is 0.681. The average molecular weight is 459 g/mol. The van der Waals surface area contributed by atoms with Gasteiger partial charge in [-0.05, 0) is 53.6 Å². The summed E-state index contributed by atoms with van der Waals surface area (Å²) in [6.07, 6.45) is -3.65. The van der Waals surface area contributed by atoms with Crippen LogP contribution in [0, 0.1) is 6.92 Å². The normalized spacial score (nSPS) is 29.9. The first-order valence-electron chi connectivity index (χ1n) is 11.7. The summed E-state index contributed by atoms with van der Waals surface area (Å²) in [6, 6.07) is 12.3. The molecule has 0 aliphatic carbocycles. The van der Waals surface area contributed by atoms with Crippen molar-refractivity contribution in [2.75, 3.05) is 19.8 Å². The molecule has 2 aliphatic heterocycles. The molecule has 0 unspecified atom stereocenters. The van der Waals surface area contributed by atoms with E-state index in [0.29, 0.717) is 30.9 Å². The number of aliphatic hydroxyl groups excluding tert-OH is 4. The molecule has 6 atom stereocenters. The molecule has 2 fully saturated rings. The van der Waals surface area contributed by atoms with Gasteiger partial charge in [0.25, 0.3) is 0 Å². The van der Waals surface area contributed by atoms with Gasteiger partial charge in [0.1, 0.15) is 42.4 Å². The SMILES string of the molecule is CCc1ccc(Cc2cc([C@@H]3O[C@H](CO)[C@@H](O)[C@H](O)[C@H]3O)cc(O[C@@H]3CCOC3)c2C)cc1. The monoisotopic (exact) mass is 458 g/mol. The van der Waals surface area contributed by atoms with Gasteiger partial charge in [-0.3, -0.25) is 0 Å². The number of aliphatic hydroxyl groups is 4. The molecule has 2 heterocycles. The fraction of sp³-hybridized carbons (Fsp3) is 0.538. The smallest absolute Gasteiger partial charge is 0.124 e. The molecule has 0 bridgehead atoms. The molecule has 7 heteroatoms. The van der Waals surface area contributed by atoms with Gasteiger partial charge in [0.05, 0.1) is 19.8 Å². The zero-order valence-corrected chi connectivity index (χ0v) is 19.2. The molecule has 180 valence electrons. The summed E-state index contributed by atoms with van der Waals surface area (Å²) in [5, 5.41) is 40.7. The number of rotatable bonds is 7. The molecule has 0 aromatic heterocycles. The van der Waals surface area contributed by atoms with Crippen molar-refractivity contribution >= 4 is 0 Å². The Kier molecular flexibility index (Phi) is 7.69. The Hall–Kier alpha value is -2.00. The van der Waals surface area contributed by atoms with Crippen LogP contribution in [0.3, 0.4) is 0 Å². The second-order valence-electron chi connectivity index (χ2n) is 9.00. The van der Waals surface area contributed by atoms with E-state index in [4.69, 9.17) is 14.2 Å². The lowest BCUT2D eigenvalue weighted by Gasteiger charge is -2.40. The molecule has 2 saturated heterocycles. The highest BCUT2D eigenvalue weighted by Crippen LogP contribution is 2.37. The zero-order valence-electron chi connectivity index (χ0n) is 19.2. The first-order chi connectivity index (χ1) is 15.9. The minimum Gasteiger partial charge on any atom is -0.488 e. The van der Waals surface area contributed by atoms with Gasteiger partial charge in [-0.2, -0.15) is 0 Å². The lowest BCUT2D eigenvalue weighted by molar-refractivity contribution is -0.231. The minimum absolute atomic E-state index is 0.0505. The van der Waals surface area contributed by atoms with E-state index in [0.717, 1.165) is 29.5 Å². The summed E-state index contributed by atoms with van der Waals surface area (Å²) >= 11 is 0. The van der Waals surface area contributed by atoms with Gasteiger partial charge in [0.15, 0.2) is 0 Å². The van der Waals surface area contributed by atoms with E-state index in [1.807, 2.05) is 19.1 Å². The molecule has 4 N–H and O–H groups in total. The summed E-state index contributed by atoms with van der Waals surface area (Å²) < 4.78 is 17.5. The van der Waals surface area contributed by atoms with Gasteiger partial charge < -0.3 is 34.6 Å².